The predicted octanol–water partition coefficient (Wildman–Crippen LogP) is 5.63. The summed E-state index contributed by atoms with van der Waals surface area (Å²) in [5.41, 5.74) is 1.24. The van der Waals surface area contributed by atoms with Gasteiger partial charge in [-0.15, -0.1) is 11.3 Å². The van der Waals surface area contributed by atoms with Crippen LogP contribution < -0.4 is 10.1 Å². The lowest BCUT2D eigenvalue weighted by Gasteiger charge is -2.20. The Morgan fingerprint density at radius 2 is 2.05 bits per heavy atom. The van der Waals surface area contributed by atoms with Gasteiger partial charge in [-0.2, -0.15) is 0 Å². The van der Waals surface area contributed by atoms with Crippen molar-refractivity contribution in [3.05, 3.63) is 49.6 Å². The van der Waals surface area contributed by atoms with Crippen LogP contribution >= 0.6 is 38.9 Å². The fraction of sp³-hybridized carbons (Fsp3) is 0.375. The Hall–Kier alpha value is -0.550. The lowest BCUT2D eigenvalue weighted by molar-refractivity contribution is 0.309. The molecular formula is C16H19BrClNOS. The van der Waals surface area contributed by atoms with Gasteiger partial charge in [-0.05, 0) is 65.8 Å². The molecule has 0 atom stereocenters. The summed E-state index contributed by atoms with van der Waals surface area (Å²) in [4.78, 5) is 1.16. The van der Waals surface area contributed by atoms with Crippen LogP contribution in [-0.2, 0) is 13.2 Å². The van der Waals surface area contributed by atoms with Crippen molar-refractivity contribution in [2.75, 3.05) is 0 Å². The van der Waals surface area contributed by atoms with E-state index >= 15 is 0 Å². The number of nitrogens with one attached hydrogen (secondary N) is 1. The molecule has 1 heterocycles. The molecule has 2 nitrogen and oxygen atoms in total. The summed E-state index contributed by atoms with van der Waals surface area (Å²) in [6.45, 7) is 7.75. The quantitative estimate of drug-likeness (QED) is 0.716. The smallest absolute Gasteiger partial charge is 0.138 e. The molecule has 0 aliphatic heterocycles. The van der Waals surface area contributed by atoms with Crippen LogP contribution in [0.5, 0.6) is 5.75 Å². The molecule has 2 rings (SSSR count). The molecule has 0 radical (unpaired) electrons. The van der Waals surface area contributed by atoms with E-state index < -0.39 is 0 Å². The highest BCUT2D eigenvalue weighted by Crippen LogP contribution is 2.29. The van der Waals surface area contributed by atoms with Gasteiger partial charge in [0.2, 0.25) is 0 Å². The van der Waals surface area contributed by atoms with Gasteiger partial charge in [0.15, 0.2) is 0 Å². The highest BCUT2D eigenvalue weighted by molar-refractivity contribution is 9.10. The van der Waals surface area contributed by atoms with Crippen molar-refractivity contribution < 1.29 is 4.74 Å². The standard InChI is InChI=1S/C16H19BrClNOS/c1-16(2,3)19-9-11-4-5-14(13(18)8-11)20-10-15-12(17)6-7-21-15/h4-8,19H,9-10H2,1-3H3. The molecular weight excluding hydrogens is 370 g/mol. The SMILES string of the molecule is CC(C)(C)NCc1ccc(OCc2sccc2Br)c(Cl)c1. The fourth-order valence-corrected chi connectivity index (χ4v) is 3.35. The van der Waals surface area contributed by atoms with Crippen molar-refractivity contribution in [3.8, 4) is 5.75 Å². The Kier molecular flexibility index (Phi) is 5.72. The third-order valence-electron chi connectivity index (χ3n) is 2.87. The topological polar surface area (TPSA) is 21.3 Å². The van der Waals surface area contributed by atoms with Crippen LogP contribution in [0.2, 0.25) is 5.02 Å². The maximum Gasteiger partial charge on any atom is 0.138 e. The Morgan fingerprint density at radius 1 is 1.29 bits per heavy atom. The van der Waals surface area contributed by atoms with Gasteiger partial charge in [-0.1, -0.05) is 17.7 Å². The molecule has 1 aromatic heterocycles. The largest absolute Gasteiger partial charge is 0.486 e. The molecule has 0 saturated heterocycles. The van der Waals surface area contributed by atoms with E-state index in [-0.39, 0.29) is 5.54 Å². The van der Waals surface area contributed by atoms with E-state index in [1.165, 1.54) is 0 Å². The Labute approximate surface area is 143 Å². The Bertz CT molecular complexity index is 607. The van der Waals surface area contributed by atoms with Crippen LogP contribution in [0.4, 0.5) is 0 Å². The summed E-state index contributed by atoms with van der Waals surface area (Å²) in [6, 6.07) is 7.96. The molecule has 5 heteroatoms. The van der Waals surface area contributed by atoms with Gasteiger partial charge in [-0.3, -0.25) is 0 Å². The highest BCUT2D eigenvalue weighted by atomic mass is 79.9. The average Bonchev–Trinajstić information content (AvgIpc) is 2.80. The van der Waals surface area contributed by atoms with E-state index in [9.17, 15) is 0 Å². The van der Waals surface area contributed by atoms with Crippen molar-refractivity contribution in [3.63, 3.8) is 0 Å². The number of benzene rings is 1. The molecule has 2 aromatic rings. The predicted molar refractivity (Wildman–Crippen MR) is 94.4 cm³/mol. The average molecular weight is 389 g/mol. The molecule has 114 valence electrons. The number of ether oxygens (including phenoxy) is 1. The Balaban J connectivity index is 1.97. The summed E-state index contributed by atoms with van der Waals surface area (Å²) in [5, 5.41) is 6.13. The molecule has 0 bridgehead atoms. The van der Waals surface area contributed by atoms with Crippen molar-refractivity contribution in [2.45, 2.75) is 39.5 Å². The lowest BCUT2D eigenvalue weighted by Crippen LogP contribution is -2.35. The van der Waals surface area contributed by atoms with Crippen molar-refractivity contribution >= 4 is 38.9 Å². The number of hydrogen-bond acceptors (Lipinski definition) is 3. The van der Waals surface area contributed by atoms with E-state index in [4.69, 9.17) is 16.3 Å². The second kappa shape index (κ2) is 7.14. The van der Waals surface area contributed by atoms with Crippen LogP contribution in [0, 0.1) is 0 Å². The minimum Gasteiger partial charge on any atom is -0.486 e. The van der Waals surface area contributed by atoms with Gasteiger partial charge in [0.05, 0.1) is 9.90 Å². The molecule has 0 amide bonds. The third kappa shape index (κ3) is 5.29. The van der Waals surface area contributed by atoms with E-state index in [0.29, 0.717) is 11.6 Å². The second-order valence-corrected chi connectivity index (χ2v) is 8.11. The van der Waals surface area contributed by atoms with E-state index in [1.54, 1.807) is 11.3 Å². The number of hydrogen-bond donors (Lipinski definition) is 1. The van der Waals surface area contributed by atoms with Gasteiger partial charge in [0.25, 0.3) is 0 Å². The molecule has 1 aromatic carbocycles. The molecule has 1 N–H and O–H groups in total. The summed E-state index contributed by atoms with van der Waals surface area (Å²) in [6.07, 6.45) is 0. The van der Waals surface area contributed by atoms with E-state index in [0.717, 1.165) is 27.2 Å². The molecule has 0 fully saturated rings. The molecule has 0 aliphatic carbocycles. The summed E-state index contributed by atoms with van der Waals surface area (Å²) in [5.74, 6) is 0.719. The van der Waals surface area contributed by atoms with Crippen LogP contribution in [0.3, 0.4) is 0 Å². The van der Waals surface area contributed by atoms with E-state index in [2.05, 4.69) is 42.0 Å². The summed E-state index contributed by atoms with van der Waals surface area (Å²) in [7, 11) is 0. The third-order valence-corrected chi connectivity index (χ3v) is 5.06. The second-order valence-electron chi connectivity index (χ2n) is 5.85. The van der Waals surface area contributed by atoms with Gasteiger partial charge in [0.1, 0.15) is 12.4 Å². The molecule has 0 unspecified atom stereocenters. The maximum absolute atomic E-state index is 6.30. The normalized spacial score (nSPS) is 11.7. The lowest BCUT2D eigenvalue weighted by atomic mass is 10.1. The summed E-state index contributed by atoms with van der Waals surface area (Å²) < 4.78 is 6.87. The Morgan fingerprint density at radius 3 is 2.62 bits per heavy atom. The maximum atomic E-state index is 6.30. The van der Waals surface area contributed by atoms with Crippen molar-refractivity contribution in [2.24, 2.45) is 0 Å². The van der Waals surface area contributed by atoms with Gasteiger partial charge in [-0.25, -0.2) is 0 Å². The number of halogens is 2. The van der Waals surface area contributed by atoms with Crippen LogP contribution in [0.15, 0.2) is 34.1 Å². The van der Waals surface area contributed by atoms with Crippen molar-refractivity contribution in [1.82, 2.24) is 5.32 Å². The minimum atomic E-state index is 0.0904. The molecule has 21 heavy (non-hydrogen) atoms. The first-order valence-electron chi connectivity index (χ1n) is 6.73. The molecule has 0 aliphatic rings. The molecule has 0 spiro atoms. The van der Waals surface area contributed by atoms with Crippen LogP contribution in [0.1, 0.15) is 31.2 Å². The first kappa shape index (κ1) is 16.8. The number of thiophene rings is 1. The van der Waals surface area contributed by atoms with Gasteiger partial charge >= 0.3 is 0 Å². The molecule has 0 saturated carbocycles. The van der Waals surface area contributed by atoms with Gasteiger partial charge in [0, 0.05) is 16.6 Å². The minimum absolute atomic E-state index is 0.0904. The monoisotopic (exact) mass is 387 g/mol. The zero-order valence-corrected chi connectivity index (χ0v) is 15.5. The van der Waals surface area contributed by atoms with Crippen molar-refractivity contribution in [1.29, 1.82) is 0 Å². The zero-order chi connectivity index (χ0) is 15.5. The highest BCUT2D eigenvalue weighted by Gasteiger charge is 2.10. The summed E-state index contributed by atoms with van der Waals surface area (Å²) >= 11 is 11.5. The number of rotatable bonds is 5. The zero-order valence-electron chi connectivity index (χ0n) is 12.4. The first-order chi connectivity index (χ1) is 9.85. The van der Waals surface area contributed by atoms with E-state index in [1.807, 2.05) is 29.6 Å². The van der Waals surface area contributed by atoms with Gasteiger partial charge < -0.3 is 10.1 Å². The first-order valence-corrected chi connectivity index (χ1v) is 8.78. The van der Waals surface area contributed by atoms with Crippen LogP contribution in [-0.4, -0.2) is 5.54 Å². The fourth-order valence-electron chi connectivity index (χ4n) is 1.71. The van der Waals surface area contributed by atoms with Crippen LogP contribution in [0.25, 0.3) is 0 Å².